The second-order valence-corrected chi connectivity index (χ2v) is 5.44. The average molecular weight is 360 g/mol. The molecule has 0 amide bonds. The van der Waals surface area contributed by atoms with Gasteiger partial charge in [0.05, 0.1) is 11.7 Å². The molecule has 0 bridgehead atoms. The molecule has 0 radical (unpaired) electrons. The van der Waals surface area contributed by atoms with Crippen LogP contribution in [-0.2, 0) is 6.18 Å². The van der Waals surface area contributed by atoms with E-state index in [0.29, 0.717) is 5.56 Å². The van der Waals surface area contributed by atoms with Crippen LogP contribution in [-0.4, -0.2) is 11.7 Å². The zero-order chi connectivity index (χ0) is 15.5. The van der Waals surface area contributed by atoms with E-state index in [4.69, 9.17) is 0 Å². The van der Waals surface area contributed by atoms with Crippen LogP contribution in [0.5, 0.6) is 0 Å². The lowest BCUT2D eigenvalue weighted by molar-refractivity contribution is -0.137. The highest BCUT2D eigenvalue weighted by Crippen LogP contribution is 2.30. The third kappa shape index (κ3) is 4.47. The van der Waals surface area contributed by atoms with Crippen molar-refractivity contribution in [1.29, 1.82) is 0 Å². The summed E-state index contributed by atoms with van der Waals surface area (Å²) in [6.45, 7) is 0.210. The van der Waals surface area contributed by atoms with Gasteiger partial charge in [-0.25, -0.2) is 0 Å². The van der Waals surface area contributed by atoms with Crippen molar-refractivity contribution >= 4 is 21.6 Å². The van der Waals surface area contributed by atoms with Crippen LogP contribution in [0.1, 0.15) is 17.2 Å². The highest BCUT2D eigenvalue weighted by molar-refractivity contribution is 9.10. The predicted molar refractivity (Wildman–Crippen MR) is 79.0 cm³/mol. The van der Waals surface area contributed by atoms with Crippen LogP contribution < -0.4 is 5.32 Å². The number of halogens is 4. The monoisotopic (exact) mass is 359 g/mol. The van der Waals surface area contributed by atoms with Gasteiger partial charge >= 0.3 is 6.18 Å². The number of anilines is 1. The number of alkyl halides is 3. The molecule has 0 aromatic heterocycles. The summed E-state index contributed by atoms with van der Waals surface area (Å²) >= 11 is 3.33. The van der Waals surface area contributed by atoms with Crippen molar-refractivity contribution in [2.24, 2.45) is 0 Å². The van der Waals surface area contributed by atoms with Crippen molar-refractivity contribution in [3.05, 3.63) is 64.1 Å². The fourth-order valence-electron chi connectivity index (χ4n) is 1.83. The van der Waals surface area contributed by atoms with Gasteiger partial charge in [-0.1, -0.05) is 34.1 Å². The lowest BCUT2D eigenvalue weighted by Gasteiger charge is -2.14. The van der Waals surface area contributed by atoms with E-state index in [1.165, 1.54) is 12.1 Å². The molecular formula is C15H13BrF3NO. The molecule has 2 N–H and O–H groups in total. The molecule has 2 aromatic carbocycles. The van der Waals surface area contributed by atoms with E-state index in [1.807, 2.05) is 24.3 Å². The summed E-state index contributed by atoms with van der Waals surface area (Å²) in [5, 5.41) is 13.0. The Balaban J connectivity index is 1.99. The largest absolute Gasteiger partial charge is 0.416 e. The van der Waals surface area contributed by atoms with Crippen molar-refractivity contribution < 1.29 is 18.3 Å². The SMILES string of the molecule is OC(CNc1cccc(Br)c1)c1ccc(C(F)(F)F)cc1. The summed E-state index contributed by atoms with van der Waals surface area (Å²) in [6.07, 6.45) is -5.25. The quantitative estimate of drug-likeness (QED) is 0.835. The summed E-state index contributed by atoms with van der Waals surface area (Å²) in [4.78, 5) is 0. The molecular weight excluding hydrogens is 347 g/mol. The summed E-state index contributed by atoms with van der Waals surface area (Å²) in [6, 6.07) is 11.9. The molecule has 2 aromatic rings. The van der Waals surface area contributed by atoms with Gasteiger partial charge in [0, 0.05) is 16.7 Å². The molecule has 0 heterocycles. The maximum atomic E-state index is 12.4. The van der Waals surface area contributed by atoms with Gasteiger partial charge in [0.15, 0.2) is 0 Å². The van der Waals surface area contributed by atoms with E-state index in [9.17, 15) is 18.3 Å². The number of benzene rings is 2. The molecule has 1 unspecified atom stereocenters. The number of hydrogen-bond acceptors (Lipinski definition) is 2. The van der Waals surface area contributed by atoms with Gasteiger partial charge in [-0.05, 0) is 35.9 Å². The van der Waals surface area contributed by atoms with Crippen molar-refractivity contribution in [1.82, 2.24) is 0 Å². The van der Waals surface area contributed by atoms with Crippen LogP contribution in [0.2, 0.25) is 0 Å². The second-order valence-electron chi connectivity index (χ2n) is 4.53. The van der Waals surface area contributed by atoms with Gasteiger partial charge < -0.3 is 10.4 Å². The van der Waals surface area contributed by atoms with Gasteiger partial charge in [0.2, 0.25) is 0 Å². The second kappa shape index (κ2) is 6.49. The highest BCUT2D eigenvalue weighted by atomic mass is 79.9. The molecule has 6 heteroatoms. The highest BCUT2D eigenvalue weighted by Gasteiger charge is 2.30. The van der Waals surface area contributed by atoms with E-state index in [0.717, 1.165) is 22.3 Å². The first kappa shape index (κ1) is 15.9. The smallest absolute Gasteiger partial charge is 0.387 e. The maximum Gasteiger partial charge on any atom is 0.416 e. The molecule has 0 spiro atoms. The third-order valence-electron chi connectivity index (χ3n) is 2.95. The van der Waals surface area contributed by atoms with Gasteiger partial charge in [-0.3, -0.25) is 0 Å². The maximum absolute atomic E-state index is 12.4. The fourth-order valence-corrected chi connectivity index (χ4v) is 2.22. The summed E-state index contributed by atoms with van der Waals surface area (Å²) < 4.78 is 38.2. The minimum Gasteiger partial charge on any atom is -0.387 e. The Labute approximate surface area is 128 Å². The van der Waals surface area contributed by atoms with E-state index in [1.54, 1.807) is 0 Å². The van der Waals surface area contributed by atoms with Crippen LogP contribution in [0.25, 0.3) is 0 Å². The normalized spacial score (nSPS) is 13.0. The van der Waals surface area contributed by atoms with Gasteiger partial charge in [0.25, 0.3) is 0 Å². The molecule has 0 aliphatic carbocycles. The zero-order valence-electron chi connectivity index (χ0n) is 10.9. The minimum absolute atomic E-state index is 0.210. The number of aliphatic hydroxyl groups is 1. The Hall–Kier alpha value is -1.53. The van der Waals surface area contributed by atoms with E-state index < -0.39 is 17.8 Å². The lowest BCUT2D eigenvalue weighted by Crippen LogP contribution is -2.12. The first-order chi connectivity index (χ1) is 9.86. The standard InChI is InChI=1S/C15H13BrF3NO/c16-12-2-1-3-13(8-12)20-9-14(21)10-4-6-11(7-5-10)15(17,18)19/h1-8,14,20-21H,9H2. The third-order valence-corrected chi connectivity index (χ3v) is 3.44. The van der Waals surface area contributed by atoms with Crippen LogP contribution in [0.4, 0.5) is 18.9 Å². The summed E-state index contributed by atoms with van der Waals surface area (Å²) in [5.41, 5.74) is 0.527. The van der Waals surface area contributed by atoms with Crippen LogP contribution in [0.15, 0.2) is 53.0 Å². The number of hydrogen-bond donors (Lipinski definition) is 2. The van der Waals surface area contributed by atoms with Gasteiger partial charge in [0.1, 0.15) is 0 Å². The molecule has 0 aliphatic heterocycles. The predicted octanol–water partition coefficient (Wildman–Crippen LogP) is 4.61. The van der Waals surface area contributed by atoms with E-state index in [2.05, 4.69) is 21.2 Å². The molecule has 2 nitrogen and oxygen atoms in total. The Bertz CT molecular complexity index is 599. The van der Waals surface area contributed by atoms with Crippen molar-refractivity contribution in [3.8, 4) is 0 Å². The zero-order valence-corrected chi connectivity index (χ0v) is 12.4. The molecule has 112 valence electrons. The molecule has 0 saturated carbocycles. The molecule has 2 rings (SSSR count). The topological polar surface area (TPSA) is 32.3 Å². The Kier molecular flexibility index (Phi) is 4.90. The van der Waals surface area contributed by atoms with Gasteiger partial charge in [-0.15, -0.1) is 0 Å². The fraction of sp³-hybridized carbons (Fsp3) is 0.200. The molecule has 0 saturated heterocycles. The number of rotatable bonds is 4. The van der Waals surface area contributed by atoms with Crippen LogP contribution >= 0.6 is 15.9 Å². The molecule has 1 atom stereocenters. The Morgan fingerprint density at radius 1 is 1.10 bits per heavy atom. The van der Waals surface area contributed by atoms with E-state index >= 15 is 0 Å². The first-order valence-electron chi connectivity index (χ1n) is 6.21. The minimum atomic E-state index is -4.36. The Morgan fingerprint density at radius 2 is 1.76 bits per heavy atom. The molecule has 0 fully saturated rings. The van der Waals surface area contributed by atoms with Crippen LogP contribution in [0.3, 0.4) is 0 Å². The lowest BCUT2D eigenvalue weighted by atomic mass is 10.1. The average Bonchev–Trinajstić information content (AvgIpc) is 2.44. The van der Waals surface area contributed by atoms with Crippen molar-refractivity contribution in [3.63, 3.8) is 0 Å². The molecule has 21 heavy (non-hydrogen) atoms. The molecule has 0 aliphatic rings. The van der Waals surface area contributed by atoms with Crippen molar-refractivity contribution in [2.45, 2.75) is 12.3 Å². The van der Waals surface area contributed by atoms with Crippen LogP contribution in [0, 0.1) is 0 Å². The van der Waals surface area contributed by atoms with E-state index in [-0.39, 0.29) is 6.54 Å². The first-order valence-corrected chi connectivity index (χ1v) is 7.00. The van der Waals surface area contributed by atoms with Gasteiger partial charge in [-0.2, -0.15) is 13.2 Å². The summed E-state index contributed by atoms with van der Waals surface area (Å²) in [7, 11) is 0. The summed E-state index contributed by atoms with van der Waals surface area (Å²) in [5.74, 6) is 0. The number of nitrogens with one attached hydrogen (secondary N) is 1. The van der Waals surface area contributed by atoms with Crippen molar-refractivity contribution in [2.75, 3.05) is 11.9 Å². The number of aliphatic hydroxyl groups excluding tert-OH is 1. The Morgan fingerprint density at radius 3 is 2.33 bits per heavy atom.